The Balaban J connectivity index is 1.76. The first-order valence-corrected chi connectivity index (χ1v) is 8.71. The van der Waals surface area contributed by atoms with E-state index in [1.807, 2.05) is 36.4 Å². The van der Waals surface area contributed by atoms with Crippen molar-refractivity contribution in [3.8, 4) is 11.1 Å². The highest BCUT2D eigenvalue weighted by Gasteiger charge is 2.39. The monoisotopic (exact) mass is 353 g/mol. The third kappa shape index (κ3) is 3.05. The van der Waals surface area contributed by atoms with Crippen LogP contribution < -0.4 is 5.32 Å². The fraction of sp³-hybridized carbons (Fsp3) is 0.333. The Kier molecular flexibility index (Phi) is 4.72. The van der Waals surface area contributed by atoms with Crippen LogP contribution in [0.25, 0.3) is 11.1 Å². The molecule has 26 heavy (non-hydrogen) atoms. The average molecular weight is 353 g/mol. The molecule has 2 aromatic rings. The van der Waals surface area contributed by atoms with Gasteiger partial charge in [0, 0.05) is 5.92 Å². The first-order valence-electron chi connectivity index (χ1n) is 8.71. The predicted molar refractivity (Wildman–Crippen MR) is 99.1 cm³/mol. The highest BCUT2D eigenvalue weighted by molar-refractivity contribution is 5.84. The smallest absolute Gasteiger partial charge is 0.408 e. The molecule has 1 aliphatic carbocycles. The standard InChI is InChI=1S/C21H23NO4/c1-13(2)21(3,19(23)24)22-20(25)26-12-18-16-10-6-4-8-14(16)15-9-5-7-11-17(15)18/h4-11,13,18H,12H2,1-3H3,(H,22,25)(H,23,24)/t21-/m0/s1. The van der Waals surface area contributed by atoms with Crippen LogP contribution in [0.2, 0.25) is 0 Å². The fourth-order valence-electron chi connectivity index (χ4n) is 3.29. The first kappa shape index (κ1) is 18.0. The number of carbonyl (C=O) groups excluding carboxylic acids is 1. The van der Waals surface area contributed by atoms with Crippen LogP contribution in [0.15, 0.2) is 48.5 Å². The number of hydrogen-bond acceptors (Lipinski definition) is 3. The second-order valence-electron chi connectivity index (χ2n) is 7.11. The summed E-state index contributed by atoms with van der Waals surface area (Å²) in [7, 11) is 0. The molecule has 2 N–H and O–H groups in total. The highest BCUT2D eigenvalue weighted by atomic mass is 16.5. The lowest BCUT2D eigenvalue weighted by Gasteiger charge is -2.29. The van der Waals surface area contributed by atoms with Crippen LogP contribution in [0.4, 0.5) is 4.79 Å². The van der Waals surface area contributed by atoms with E-state index in [-0.39, 0.29) is 18.4 Å². The number of benzene rings is 2. The van der Waals surface area contributed by atoms with Gasteiger partial charge in [0.1, 0.15) is 12.1 Å². The summed E-state index contributed by atoms with van der Waals surface area (Å²) >= 11 is 0. The number of fused-ring (bicyclic) bond motifs is 3. The van der Waals surface area contributed by atoms with E-state index < -0.39 is 17.6 Å². The van der Waals surface area contributed by atoms with Crippen LogP contribution in [-0.2, 0) is 9.53 Å². The molecule has 0 saturated heterocycles. The number of carboxylic acids is 1. The molecule has 3 rings (SSSR count). The highest BCUT2D eigenvalue weighted by Crippen LogP contribution is 2.44. The Morgan fingerprint density at radius 2 is 1.58 bits per heavy atom. The normalized spacial score (nSPS) is 15.1. The summed E-state index contributed by atoms with van der Waals surface area (Å²) in [6, 6.07) is 16.1. The Hall–Kier alpha value is -2.82. The van der Waals surface area contributed by atoms with Crippen molar-refractivity contribution in [2.75, 3.05) is 6.61 Å². The van der Waals surface area contributed by atoms with E-state index in [2.05, 4.69) is 17.4 Å². The van der Waals surface area contributed by atoms with Crippen molar-refractivity contribution >= 4 is 12.1 Å². The van der Waals surface area contributed by atoms with Crippen LogP contribution >= 0.6 is 0 Å². The molecule has 5 heteroatoms. The van der Waals surface area contributed by atoms with Gasteiger partial charge in [-0.1, -0.05) is 62.4 Å². The Morgan fingerprint density at radius 1 is 1.08 bits per heavy atom. The molecule has 0 unspecified atom stereocenters. The van der Waals surface area contributed by atoms with E-state index in [1.54, 1.807) is 13.8 Å². The second kappa shape index (κ2) is 6.83. The van der Waals surface area contributed by atoms with Crippen molar-refractivity contribution in [3.05, 3.63) is 59.7 Å². The topological polar surface area (TPSA) is 75.6 Å². The predicted octanol–water partition coefficient (Wildman–Crippen LogP) is 4.02. The quantitative estimate of drug-likeness (QED) is 0.851. The van der Waals surface area contributed by atoms with Crippen molar-refractivity contribution in [1.82, 2.24) is 5.32 Å². The minimum absolute atomic E-state index is 0.0525. The lowest BCUT2D eigenvalue weighted by molar-refractivity contribution is -0.145. The first-order chi connectivity index (χ1) is 12.3. The Labute approximate surface area is 153 Å². The van der Waals surface area contributed by atoms with Crippen LogP contribution in [0.5, 0.6) is 0 Å². The minimum atomic E-state index is -1.37. The van der Waals surface area contributed by atoms with Crippen LogP contribution in [0.3, 0.4) is 0 Å². The molecule has 0 fully saturated rings. The zero-order valence-electron chi connectivity index (χ0n) is 15.2. The summed E-state index contributed by atoms with van der Waals surface area (Å²) in [6.45, 7) is 5.14. The molecular weight excluding hydrogens is 330 g/mol. The largest absolute Gasteiger partial charge is 0.480 e. The van der Waals surface area contributed by atoms with Gasteiger partial charge in [-0.05, 0) is 35.1 Å². The maximum atomic E-state index is 12.3. The van der Waals surface area contributed by atoms with E-state index in [4.69, 9.17) is 4.74 Å². The summed E-state index contributed by atoms with van der Waals surface area (Å²) < 4.78 is 5.42. The third-order valence-electron chi connectivity index (χ3n) is 5.30. The summed E-state index contributed by atoms with van der Waals surface area (Å²) in [5.41, 5.74) is 3.16. The number of rotatable bonds is 5. The molecular formula is C21H23NO4. The number of carboxylic acid groups (broad SMARTS) is 1. The molecule has 0 spiro atoms. The van der Waals surface area contributed by atoms with Crippen LogP contribution in [-0.4, -0.2) is 29.3 Å². The van der Waals surface area contributed by atoms with Crippen LogP contribution in [0, 0.1) is 5.92 Å². The maximum Gasteiger partial charge on any atom is 0.408 e. The zero-order valence-corrected chi connectivity index (χ0v) is 15.2. The number of carbonyl (C=O) groups is 2. The van der Waals surface area contributed by atoms with Gasteiger partial charge in [-0.15, -0.1) is 0 Å². The van der Waals surface area contributed by atoms with Gasteiger partial charge in [-0.2, -0.15) is 0 Å². The maximum absolute atomic E-state index is 12.3. The van der Waals surface area contributed by atoms with E-state index >= 15 is 0 Å². The Morgan fingerprint density at radius 3 is 2.04 bits per heavy atom. The van der Waals surface area contributed by atoms with Gasteiger partial charge in [0.15, 0.2) is 0 Å². The van der Waals surface area contributed by atoms with Crippen molar-refractivity contribution in [1.29, 1.82) is 0 Å². The van der Waals surface area contributed by atoms with Gasteiger partial charge < -0.3 is 15.2 Å². The van der Waals surface area contributed by atoms with E-state index in [0.29, 0.717) is 0 Å². The Bertz CT molecular complexity index is 800. The average Bonchev–Trinajstić information content (AvgIpc) is 2.93. The second-order valence-corrected chi connectivity index (χ2v) is 7.11. The van der Waals surface area contributed by atoms with E-state index in [0.717, 1.165) is 22.3 Å². The number of aliphatic carboxylic acids is 1. The van der Waals surface area contributed by atoms with E-state index in [9.17, 15) is 14.7 Å². The molecule has 0 aliphatic heterocycles. The molecule has 1 amide bonds. The van der Waals surface area contributed by atoms with Gasteiger partial charge in [0.2, 0.25) is 0 Å². The molecule has 0 aromatic heterocycles. The zero-order chi connectivity index (χ0) is 18.9. The molecule has 1 aliphatic rings. The molecule has 0 heterocycles. The van der Waals surface area contributed by atoms with Crippen molar-refractivity contribution < 1.29 is 19.4 Å². The summed E-state index contributed by atoms with van der Waals surface area (Å²) in [4.78, 5) is 23.8. The SMILES string of the molecule is CC(C)[C@](C)(NC(=O)OCC1c2ccccc2-c2ccccc21)C(=O)O. The summed E-state index contributed by atoms with van der Waals surface area (Å²) in [5.74, 6) is -1.41. The lowest BCUT2D eigenvalue weighted by atomic mass is 9.89. The van der Waals surface area contributed by atoms with Crippen molar-refractivity contribution in [3.63, 3.8) is 0 Å². The number of nitrogens with one attached hydrogen (secondary N) is 1. The van der Waals surface area contributed by atoms with E-state index in [1.165, 1.54) is 6.92 Å². The van der Waals surface area contributed by atoms with Gasteiger partial charge in [-0.25, -0.2) is 9.59 Å². The number of ether oxygens (including phenoxy) is 1. The molecule has 136 valence electrons. The molecule has 0 radical (unpaired) electrons. The van der Waals surface area contributed by atoms with Crippen molar-refractivity contribution in [2.24, 2.45) is 5.92 Å². The molecule has 0 bridgehead atoms. The van der Waals surface area contributed by atoms with Gasteiger partial charge in [0.25, 0.3) is 0 Å². The number of amides is 1. The summed E-state index contributed by atoms with van der Waals surface area (Å²) in [6.07, 6.45) is -0.717. The molecule has 5 nitrogen and oxygen atoms in total. The lowest BCUT2D eigenvalue weighted by Crippen LogP contribution is -2.56. The molecule has 0 saturated carbocycles. The van der Waals surface area contributed by atoms with Crippen LogP contribution in [0.1, 0.15) is 37.8 Å². The van der Waals surface area contributed by atoms with Gasteiger partial charge in [-0.3, -0.25) is 0 Å². The van der Waals surface area contributed by atoms with Gasteiger partial charge >= 0.3 is 12.1 Å². The summed E-state index contributed by atoms with van der Waals surface area (Å²) in [5, 5.41) is 11.9. The third-order valence-corrected chi connectivity index (χ3v) is 5.30. The number of hydrogen-bond donors (Lipinski definition) is 2. The van der Waals surface area contributed by atoms with Gasteiger partial charge in [0.05, 0.1) is 0 Å². The number of alkyl carbamates (subject to hydrolysis) is 1. The minimum Gasteiger partial charge on any atom is -0.480 e. The molecule has 1 atom stereocenters. The van der Waals surface area contributed by atoms with Crippen molar-refractivity contribution in [2.45, 2.75) is 32.2 Å². The fourth-order valence-corrected chi connectivity index (χ4v) is 3.29. The molecule has 2 aromatic carbocycles.